The molecule has 0 aromatic rings. The SMILES string of the molecule is CCCCC(CC)P(O)O. The molecule has 0 aliphatic rings. The molecule has 0 saturated carbocycles. The molecule has 1 unspecified atom stereocenters. The Bertz CT molecular complexity index is 76.0. The average Bonchev–Trinajstić information content (AvgIpc) is 1.89. The summed E-state index contributed by atoms with van der Waals surface area (Å²) in [5.41, 5.74) is 0.148. The highest BCUT2D eigenvalue weighted by molar-refractivity contribution is 7.45. The van der Waals surface area contributed by atoms with E-state index in [1.807, 2.05) is 6.92 Å². The molecule has 0 aliphatic carbocycles. The van der Waals surface area contributed by atoms with Crippen LogP contribution in [0.3, 0.4) is 0 Å². The summed E-state index contributed by atoms with van der Waals surface area (Å²) < 4.78 is 0. The van der Waals surface area contributed by atoms with Crippen molar-refractivity contribution in [2.75, 3.05) is 0 Å². The van der Waals surface area contributed by atoms with Gasteiger partial charge in [0.1, 0.15) is 0 Å². The summed E-state index contributed by atoms with van der Waals surface area (Å²) >= 11 is 0. The van der Waals surface area contributed by atoms with E-state index >= 15 is 0 Å². The van der Waals surface area contributed by atoms with Crippen LogP contribution in [0.25, 0.3) is 0 Å². The van der Waals surface area contributed by atoms with Crippen LogP contribution in [0.5, 0.6) is 0 Å². The molecule has 0 aromatic carbocycles. The summed E-state index contributed by atoms with van der Waals surface area (Å²) in [7, 11) is -1.68. The molecule has 2 nitrogen and oxygen atoms in total. The third kappa shape index (κ3) is 4.21. The van der Waals surface area contributed by atoms with Gasteiger partial charge in [-0.05, 0) is 12.8 Å². The van der Waals surface area contributed by atoms with Crippen LogP contribution >= 0.6 is 8.38 Å². The molecule has 0 saturated heterocycles. The quantitative estimate of drug-likeness (QED) is 0.612. The molecule has 0 radical (unpaired) electrons. The van der Waals surface area contributed by atoms with Gasteiger partial charge in [0.05, 0.1) is 0 Å². The molecule has 62 valence electrons. The van der Waals surface area contributed by atoms with Gasteiger partial charge in [-0.1, -0.05) is 26.7 Å². The van der Waals surface area contributed by atoms with Gasteiger partial charge in [0.15, 0.2) is 8.38 Å². The maximum Gasteiger partial charge on any atom is 0.168 e. The van der Waals surface area contributed by atoms with Crippen molar-refractivity contribution in [3.8, 4) is 0 Å². The van der Waals surface area contributed by atoms with E-state index in [2.05, 4.69) is 6.92 Å². The van der Waals surface area contributed by atoms with Gasteiger partial charge in [-0.25, -0.2) is 0 Å². The van der Waals surface area contributed by atoms with Crippen LogP contribution in [-0.4, -0.2) is 15.4 Å². The predicted octanol–water partition coefficient (Wildman–Crippen LogP) is 2.25. The molecule has 0 rings (SSSR count). The minimum atomic E-state index is -1.68. The highest BCUT2D eigenvalue weighted by Gasteiger charge is 2.13. The monoisotopic (exact) mass is 164 g/mol. The van der Waals surface area contributed by atoms with Crippen LogP contribution < -0.4 is 0 Å². The smallest absolute Gasteiger partial charge is 0.168 e. The van der Waals surface area contributed by atoms with E-state index in [-0.39, 0.29) is 5.66 Å². The normalized spacial score (nSPS) is 14.1. The lowest BCUT2D eigenvalue weighted by Crippen LogP contribution is -2.02. The highest BCUT2D eigenvalue weighted by Crippen LogP contribution is 2.36. The van der Waals surface area contributed by atoms with Gasteiger partial charge in [0.25, 0.3) is 0 Å². The van der Waals surface area contributed by atoms with Crippen molar-refractivity contribution in [3.63, 3.8) is 0 Å². The second-order valence-corrected chi connectivity index (χ2v) is 3.90. The fourth-order valence-corrected chi connectivity index (χ4v) is 1.66. The molecule has 0 bridgehead atoms. The first-order chi connectivity index (χ1) is 4.72. The van der Waals surface area contributed by atoms with Gasteiger partial charge in [-0.2, -0.15) is 0 Å². The van der Waals surface area contributed by atoms with Gasteiger partial charge in [0, 0.05) is 5.66 Å². The third-order valence-corrected chi connectivity index (χ3v) is 2.97. The van der Waals surface area contributed by atoms with Crippen LogP contribution in [0.1, 0.15) is 39.5 Å². The molecule has 0 spiro atoms. The van der Waals surface area contributed by atoms with E-state index in [1.165, 1.54) is 0 Å². The third-order valence-electron chi connectivity index (χ3n) is 1.69. The Morgan fingerprint density at radius 2 is 1.90 bits per heavy atom. The molecule has 3 heteroatoms. The van der Waals surface area contributed by atoms with Gasteiger partial charge in [-0.3, -0.25) is 0 Å². The van der Waals surface area contributed by atoms with E-state index in [9.17, 15) is 0 Å². The summed E-state index contributed by atoms with van der Waals surface area (Å²) in [5, 5.41) is 0. The molecule has 10 heavy (non-hydrogen) atoms. The summed E-state index contributed by atoms with van der Waals surface area (Å²) in [6.45, 7) is 4.12. The van der Waals surface area contributed by atoms with Crippen molar-refractivity contribution in [1.82, 2.24) is 0 Å². The van der Waals surface area contributed by atoms with E-state index < -0.39 is 8.38 Å². The average molecular weight is 164 g/mol. The van der Waals surface area contributed by atoms with E-state index in [4.69, 9.17) is 9.79 Å². The first-order valence-electron chi connectivity index (χ1n) is 3.89. The Balaban J connectivity index is 3.40. The van der Waals surface area contributed by atoms with Crippen LogP contribution in [0.4, 0.5) is 0 Å². The molecule has 0 heterocycles. The van der Waals surface area contributed by atoms with Crippen molar-refractivity contribution >= 4 is 8.38 Å². The summed E-state index contributed by atoms with van der Waals surface area (Å²) in [5.74, 6) is 0. The van der Waals surface area contributed by atoms with Crippen LogP contribution in [-0.2, 0) is 0 Å². The lowest BCUT2D eigenvalue weighted by Gasteiger charge is -2.14. The summed E-state index contributed by atoms with van der Waals surface area (Å²) in [6.07, 6.45) is 4.10. The first kappa shape index (κ1) is 10.3. The zero-order valence-corrected chi connectivity index (χ0v) is 7.64. The second kappa shape index (κ2) is 6.09. The Kier molecular flexibility index (Phi) is 6.30. The molecule has 0 aliphatic heterocycles. The maximum atomic E-state index is 8.86. The minimum Gasteiger partial charge on any atom is -0.350 e. The van der Waals surface area contributed by atoms with Crippen LogP contribution in [0.15, 0.2) is 0 Å². The Hall–Kier alpha value is 0.350. The van der Waals surface area contributed by atoms with Gasteiger partial charge >= 0.3 is 0 Å². The fourth-order valence-electron chi connectivity index (χ4n) is 0.923. The molecular formula is C7H17O2P. The number of hydrogen-bond donors (Lipinski definition) is 2. The largest absolute Gasteiger partial charge is 0.350 e. The molecule has 0 amide bonds. The minimum absolute atomic E-state index is 0.148. The Labute approximate surface area is 64.2 Å². The van der Waals surface area contributed by atoms with Crippen LogP contribution in [0, 0.1) is 0 Å². The zero-order chi connectivity index (χ0) is 7.98. The highest BCUT2D eigenvalue weighted by atomic mass is 31.2. The van der Waals surface area contributed by atoms with Crippen molar-refractivity contribution < 1.29 is 9.79 Å². The summed E-state index contributed by atoms with van der Waals surface area (Å²) in [6, 6.07) is 0. The number of rotatable bonds is 5. The maximum absolute atomic E-state index is 8.86. The lowest BCUT2D eigenvalue weighted by molar-refractivity contribution is 0.452. The summed E-state index contributed by atoms with van der Waals surface area (Å²) in [4.78, 5) is 17.7. The molecular weight excluding hydrogens is 147 g/mol. The van der Waals surface area contributed by atoms with Gasteiger partial charge < -0.3 is 9.79 Å². The number of hydrogen-bond acceptors (Lipinski definition) is 2. The van der Waals surface area contributed by atoms with Gasteiger partial charge in [-0.15, -0.1) is 0 Å². The zero-order valence-electron chi connectivity index (χ0n) is 6.75. The Morgan fingerprint density at radius 3 is 2.20 bits per heavy atom. The van der Waals surface area contributed by atoms with E-state index in [0.29, 0.717) is 0 Å². The standard InChI is InChI=1S/C7H17O2P/c1-3-5-6-7(4-2)10(8)9/h7-9H,3-6H2,1-2H3. The topological polar surface area (TPSA) is 40.5 Å². The predicted molar refractivity (Wildman–Crippen MR) is 45.0 cm³/mol. The molecule has 2 N–H and O–H groups in total. The molecule has 1 atom stereocenters. The second-order valence-electron chi connectivity index (χ2n) is 2.52. The van der Waals surface area contributed by atoms with Crippen LogP contribution in [0.2, 0.25) is 0 Å². The van der Waals surface area contributed by atoms with Crippen molar-refractivity contribution in [1.29, 1.82) is 0 Å². The van der Waals surface area contributed by atoms with Crippen molar-refractivity contribution in [2.24, 2.45) is 0 Å². The van der Waals surface area contributed by atoms with Crippen molar-refractivity contribution in [2.45, 2.75) is 45.2 Å². The van der Waals surface area contributed by atoms with E-state index in [1.54, 1.807) is 0 Å². The molecule has 0 aromatic heterocycles. The Morgan fingerprint density at radius 1 is 1.30 bits per heavy atom. The molecule has 0 fully saturated rings. The fraction of sp³-hybridized carbons (Fsp3) is 1.00. The first-order valence-corrected chi connectivity index (χ1v) is 5.21. The lowest BCUT2D eigenvalue weighted by atomic mass is 10.2. The van der Waals surface area contributed by atoms with E-state index in [0.717, 1.165) is 25.7 Å². The van der Waals surface area contributed by atoms with Crippen molar-refractivity contribution in [3.05, 3.63) is 0 Å². The number of unbranched alkanes of at least 4 members (excludes halogenated alkanes) is 1. The van der Waals surface area contributed by atoms with Gasteiger partial charge in [0.2, 0.25) is 0 Å².